The molecule has 1 heterocycles. The molecule has 0 N–H and O–H groups in total. The smallest absolute Gasteiger partial charge is 0.299 e. The molecule has 1 aromatic rings. The van der Waals surface area contributed by atoms with Crippen LogP contribution < -0.4 is 0 Å². The second-order valence-corrected chi connectivity index (χ2v) is 5.64. The van der Waals surface area contributed by atoms with E-state index in [1.165, 1.54) is 6.07 Å². The largest absolute Gasteiger partial charge is 0.416 e. The fraction of sp³-hybridized carbons (Fsp3) is 0.684. The monoisotopic (exact) mass is 331 g/mol. The van der Waals surface area contributed by atoms with Crippen molar-refractivity contribution in [3.05, 3.63) is 34.9 Å². The van der Waals surface area contributed by atoms with Crippen LogP contribution in [0.25, 0.3) is 0 Å². The van der Waals surface area contributed by atoms with E-state index in [-0.39, 0.29) is 12.0 Å². The quantitative estimate of drug-likeness (QED) is 0.586. The van der Waals surface area contributed by atoms with Crippen LogP contribution in [0.4, 0.5) is 13.2 Å². The highest BCUT2D eigenvalue weighted by Gasteiger charge is 2.37. The van der Waals surface area contributed by atoms with Crippen LogP contribution >= 0.6 is 0 Å². The topological polar surface area (TPSA) is 3.24 Å². The lowest BCUT2D eigenvalue weighted by molar-refractivity contribution is -0.138. The Hall–Kier alpha value is -1.03. The average Bonchev–Trinajstić information content (AvgIpc) is 2.95. The Kier molecular flexibility index (Phi) is 9.52. The number of halogens is 3. The van der Waals surface area contributed by atoms with E-state index < -0.39 is 11.7 Å². The lowest BCUT2D eigenvalue weighted by atomic mass is 9.92. The Morgan fingerprint density at radius 3 is 2.04 bits per heavy atom. The van der Waals surface area contributed by atoms with Gasteiger partial charge < -0.3 is 0 Å². The summed E-state index contributed by atoms with van der Waals surface area (Å²) in [5, 5.41) is 0. The number of hydrogen-bond donors (Lipinski definition) is 0. The van der Waals surface area contributed by atoms with Gasteiger partial charge in [-0.15, -0.1) is 0 Å². The van der Waals surface area contributed by atoms with Crippen LogP contribution in [-0.2, 0) is 6.18 Å². The summed E-state index contributed by atoms with van der Waals surface area (Å²) in [4.78, 5) is 2.01. The highest BCUT2D eigenvalue weighted by Crippen LogP contribution is 2.40. The van der Waals surface area contributed by atoms with Gasteiger partial charge in [0, 0.05) is 6.04 Å². The molecule has 0 bridgehead atoms. The lowest BCUT2D eigenvalue weighted by Gasteiger charge is -2.24. The molecule has 1 aliphatic heterocycles. The summed E-state index contributed by atoms with van der Waals surface area (Å²) in [6, 6.07) is 4.73. The van der Waals surface area contributed by atoms with Crippen LogP contribution in [-0.4, -0.2) is 18.5 Å². The summed E-state index contributed by atoms with van der Waals surface area (Å²) in [6.45, 7) is 12.7. The summed E-state index contributed by atoms with van der Waals surface area (Å²) < 4.78 is 39.8. The maximum Gasteiger partial charge on any atom is 0.416 e. The zero-order chi connectivity index (χ0) is 18.2. The first-order valence-electron chi connectivity index (χ1n) is 8.72. The van der Waals surface area contributed by atoms with E-state index in [1.54, 1.807) is 6.07 Å². The van der Waals surface area contributed by atoms with Gasteiger partial charge in [-0.2, -0.15) is 13.2 Å². The van der Waals surface area contributed by atoms with Crippen molar-refractivity contribution in [1.82, 2.24) is 4.90 Å². The van der Waals surface area contributed by atoms with E-state index >= 15 is 0 Å². The second kappa shape index (κ2) is 9.96. The van der Waals surface area contributed by atoms with E-state index in [1.807, 2.05) is 59.6 Å². The van der Waals surface area contributed by atoms with Crippen molar-refractivity contribution in [2.75, 3.05) is 13.6 Å². The summed E-state index contributed by atoms with van der Waals surface area (Å²) in [6.07, 6.45) is -2.51. The molecule has 1 saturated heterocycles. The Morgan fingerprint density at radius 1 is 1.09 bits per heavy atom. The number of rotatable bonds is 2. The predicted molar refractivity (Wildman–Crippen MR) is 92.8 cm³/mol. The zero-order valence-electron chi connectivity index (χ0n) is 15.6. The third-order valence-electron chi connectivity index (χ3n) is 3.93. The highest BCUT2D eigenvalue weighted by molar-refractivity contribution is 5.38. The van der Waals surface area contributed by atoms with Crippen LogP contribution in [0.15, 0.2) is 18.2 Å². The Balaban J connectivity index is 0.00000112. The third-order valence-corrected chi connectivity index (χ3v) is 3.93. The van der Waals surface area contributed by atoms with Gasteiger partial charge in [-0.25, -0.2) is 0 Å². The van der Waals surface area contributed by atoms with E-state index in [4.69, 9.17) is 0 Å². The molecule has 4 heteroatoms. The molecule has 0 spiro atoms. The standard InChI is InChI=1S/C15H20F3N.2C2H6/c1-10(2)11-6-7-12(13(9-11)15(16,17)18)14-5-4-8-19(14)3;2*1-2/h6-7,9-10,14H,4-5,8H2,1-3H3;2*1-2H3. The normalized spacial score (nSPS) is 18.1. The van der Waals surface area contributed by atoms with E-state index in [2.05, 4.69) is 0 Å². The maximum absolute atomic E-state index is 13.3. The van der Waals surface area contributed by atoms with Gasteiger partial charge in [-0.1, -0.05) is 53.7 Å². The third kappa shape index (κ3) is 5.83. The first kappa shape index (κ1) is 22.0. The fourth-order valence-electron chi connectivity index (χ4n) is 2.77. The van der Waals surface area contributed by atoms with Crippen molar-refractivity contribution >= 4 is 0 Å². The molecule has 0 amide bonds. The van der Waals surface area contributed by atoms with Crippen molar-refractivity contribution in [2.45, 2.75) is 72.5 Å². The molecule has 23 heavy (non-hydrogen) atoms. The van der Waals surface area contributed by atoms with Crippen molar-refractivity contribution in [2.24, 2.45) is 0 Å². The van der Waals surface area contributed by atoms with Gasteiger partial charge in [0.25, 0.3) is 0 Å². The molecule has 134 valence electrons. The highest BCUT2D eigenvalue weighted by atomic mass is 19.4. The van der Waals surface area contributed by atoms with Crippen LogP contribution in [0.1, 0.15) is 83.0 Å². The summed E-state index contributed by atoms with van der Waals surface area (Å²) in [7, 11) is 1.90. The Bertz CT molecular complexity index is 452. The fourth-order valence-corrected chi connectivity index (χ4v) is 2.77. The van der Waals surface area contributed by atoms with Crippen molar-refractivity contribution < 1.29 is 13.2 Å². The van der Waals surface area contributed by atoms with Crippen molar-refractivity contribution in [1.29, 1.82) is 0 Å². The number of nitrogens with zero attached hydrogens (tertiary/aromatic N) is 1. The minimum Gasteiger partial charge on any atom is -0.299 e. The molecule has 1 nitrogen and oxygen atoms in total. The van der Waals surface area contributed by atoms with Crippen LogP contribution in [0.5, 0.6) is 0 Å². The minimum atomic E-state index is -4.27. The van der Waals surface area contributed by atoms with Gasteiger partial charge in [0.05, 0.1) is 5.56 Å². The molecule has 1 unspecified atom stereocenters. The molecule has 1 aromatic carbocycles. The molecule has 1 atom stereocenters. The molecular formula is C19H32F3N. The number of benzene rings is 1. The predicted octanol–water partition coefficient (Wildman–Crippen LogP) is 6.65. The van der Waals surface area contributed by atoms with E-state index in [0.29, 0.717) is 5.56 Å². The van der Waals surface area contributed by atoms with Gasteiger partial charge in [-0.3, -0.25) is 4.90 Å². The molecule has 0 radical (unpaired) electrons. The van der Waals surface area contributed by atoms with Gasteiger partial charge in [-0.05, 0) is 49.5 Å². The summed E-state index contributed by atoms with van der Waals surface area (Å²) in [5.41, 5.74) is 0.714. The summed E-state index contributed by atoms with van der Waals surface area (Å²) >= 11 is 0. The number of likely N-dealkylation sites (tertiary alicyclic amines) is 1. The maximum atomic E-state index is 13.3. The molecule has 2 rings (SSSR count). The first-order valence-corrected chi connectivity index (χ1v) is 8.72. The van der Waals surface area contributed by atoms with Crippen LogP contribution in [0.3, 0.4) is 0 Å². The van der Waals surface area contributed by atoms with Crippen molar-refractivity contribution in [3.63, 3.8) is 0 Å². The zero-order valence-corrected chi connectivity index (χ0v) is 15.6. The second-order valence-electron chi connectivity index (χ2n) is 5.64. The Morgan fingerprint density at radius 2 is 1.65 bits per heavy atom. The van der Waals surface area contributed by atoms with Gasteiger partial charge in [0.1, 0.15) is 0 Å². The van der Waals surface area contributed by atoms with Gasteiger partial charge >= 0.3 is 6.18 Å². The first-order chi connectivity index (χ1) is 10.8. The SMILES string of the molecule is CC.CC.CC(C)c1ccc(C2CCCN2C)c(C(F)(F)F)c1. The molecule has 1 aliphatic rings. The minimum absolute atomic E-state index is 0.0992. The lowest BCUT2D eigenvalue weighted by Crippen LogP contribution is -2.21. The van der Waals surface area contributed by atoms with Crippen LogP contribution in [0, 0.1) is 0 Å². The van der Waals surface area contributed by atoms with E-state index in [0.717, 1.165) is 24.9 Å². The molecule has 1 fully saturated rings. The van der Waals surface area contributed by atoms with Gasteiger partial charge in [0.15, 0.2) is 0 Å². The molecular weight excluding hydrogens is 299 g/mol. The van der Waals surface area contributed by atoms with Crippen LogP contribution in [0.2, 0.25) is 0 Å². The van der Waals surface area contributed by atoms with Crippen molar-refractivity contribution in [3.8, 4) is 0 Å². The summed E-state index contributed by atoms with van der Waals surface area (Å²) in [5.74, 6) is 0.108. The molecule has 0 saturated carbocycles. The van der Waals surface area contributed by atoms with Gasteiger partial charge in [0.2, 0.25) is 0 Å². The number of alkyl halides is 3. The number of hydrogen-bond acceptors (Lipinski definition) is 1. The van der Waals surface area contributed by atoms with E-state index in [9.17, 15) is 13.2 Å². The molecule has 0 aliphatic carbocycles. The average molecular weight is 331 g/mol. The molecule has 0 aromatic heterocycles. The Labute approximate surface area is 139 Å².